The van der Waals surface area contributed by atoms with Crippen LogP contribution in [-0.2, 0) is 14.9 Å². The van der Waals surface area contributed by atoms with Crippen LogP contribution in [0.1, 0.15) is 50.2 Å². The van der Waals surface area contributed by atoms with Gasteiger partial charge in [0, 0.05) is 37.6 Å². The van der Waals surface area contributed by atoms with Crippen molar-refractivity contribution in [2.75, 3.05) is 39.4 Å². The van der Waals surface area contributed by atoms with E-state index in [1.165, 1.54) is 16.7 Å². The molecule has 0 aromatic heterocycles. The molecule has 1 amide bonds. The van der Waals surface area contributed by atoms with Crippen LogP contribution in [0.25, 0.3) is 6.08 Å². The Hall–Kier alpha value is -2.43. The molecule has 2 aliphatic heterocycles. The van der Waals surface area contributed by atoms with Crippen LogP contribution in [0, 0.1) is 11.3 Å². The minimum absolute atomic E-state index is 0.00318. The molecule has 2 saturated heterocycles. The fourth-order valence-corrected chi connectivity index (χ4v) is 6.16. The number of nitrogens with zero attached hydrogens (tertiary/aromatic N) is 1. The predicted molar refractivity (Wildman–Crippen MR) is 137 cm³/mol. The van der Waals surface area contributed by atoms with Crippen LogP contribution in [0.15, 0.2) is 66.2 Å². The van der Waals surface area contributed by atoms with Gasteiger partial charge >= 0.3 is 0 Å². The molecule has 4 heteroatoms. The molecule has 1 atom stereocenters. The Balaban J connectivity index is 1.12. The van der Waals surface area contributed by atoms with E-state index in [-0.39, 0.29) is 22.7 Å². The number of amides is 1. The summed E-state index contributed by atoms with van der Waals surface area (Å²) in [5.41, 5.74) is 4.24. The van der Waals surface area contributed by atoms with Gasteiger partial charge in [-0.15, -0.1) is 0 Å². The Bertz CT molecular complexity index is 987. The lowest BCUT2D eigenvalue weighted by molar-refractivity contribution is -0.123. The van der Waals surface area contributed by atoms with Gasteiger partial charge in [0.25, 0.3) is 0 Å². The van der Waals surface area contributed by atoms with Crippen molar-refractivity contribution in [2.24, 2.45) is 11.3 Å². The normalized spacial score (nSPS) is 24.0. The highest BCUT2D eigenvalue weighted by molar-refractivity contribution is 5.82. The zero-order chi connectivity index (χ0) is 23.4. The van der Waals surface area contributed by atoms with Gasteiger partial charge in [0.15, 0.2) is 0 Å². The number of carbonyl (C=O) groups is 1. The molecular formula is C30H38N2O2. The van der Waals surface area contributed by atoms with Crippen molar-refractivity contribution in [3.63, 3.8) is 0 Å². The maximum atomic E-state index is 13.2. The number of nitrogens with one attached hydrogen (secondary N) is 1. The first-order valence-electron chi connectivity index (χ1n) is 12.9. The second-order valence-corrected chi connectivity index (χ2v) is 10.8. The third-order valence-electron chi connectivity index (χ3n) is 8.48. The van der Waals surface area contributed by atoms with Crippen LogP contribution in [0.5, 0.6) is 0 Å². The van der Waals surface area contributed by atoms with E-state index >= 15 is 0 Å². The molecule has 0 radical (unpaired) electrons. The summed E-state index contributed by atoms with van der Waals surface area (Å²) in [7, 11) is 0. The van der Waals surface area contributed by atoms with E-state index in [4.69, 9.17) is 4.74 Å². The van der Waals surface area contributed by atoms with Crippen molar-refractivity contribution in [3.8, 4) is 0 Å². The van der Waals surface area contributed by atoms with Gasteiger partial charge in [0.2, 0.25) is 5.91 Å². The predicted octanol–water partition coefficient (Wildman–Crippen LogP) is 5.06. The van der Waals surface area contributed by atoms with E-state index in [0.29, 0.717) is 0 Å². The monoisotopic (exact) mass is 458 g/mol. The van der Waals surface area contributed by atoms with Gasteiger partial charge in [-0.2, -0.15) is 0 Å². The number of rotatable bonds is 7. The fraction of sp³-hybridized carbons (Fsp3) is 0.500. The van der Waals surface area contributed by atoms with Gasteiger partial charge in [0.1, 0.15) is 0 Å². The molecule has 1 spiro atoms. The molecule has 0 unspecified atom stereocenters. The highest BCUT2D eigenvalue weighted by Crippen LogP contribution is 2.59. The maximum absolute atomic E-state index is 13.2. The molecule has 1 aliphatic carbocycles. The zero-order valence-corrected chi connectivity index (χ0v) is 20.5. The summed E-state index contributed by atoms with van der Waals surface area (Å²) in [5.74, 6) is 0.471. The van der Waals surface area contributed by atoms with Crippen molar-refractivity contribution in [1.82, 2.24) is 10.2 Å². The quantitative estimate of drug-likeness (QED) is 0.631. The Morgan fingerprint density at radius 2 is 1.65 bits per heavy atom. The van der Waals surface area contributed by atoms with Crippen molar-refractivity contribution in [2.45, 2.75) is 44.4 Å². The minimum atomic E-state index is 0.00318. The second kappa shape index (κ2) is 10.1. The van der Waals surface area contributed by atoms with E-state index in [0.717, 1.165) is 71.5 Å². The molecule has 34 heavy (non-hydrogen) atoms. The molecule has 1 saturated carbocycles. The average molecular weight is 459 g/mol. The summed E-state index contributed by atoms with van der Waals surface area (Å²) in [5, 5.41) is 3.38. The molecule has 1 N–H and O–H groups in total. The number of carbonyl (C=O) groups excluding carboxylic acids is 1. The SMILES string of the molecule is C/C(=C\c1ccccc1)CN1CCC2(CC1)C[C@H]2C(=O)NCC1(c2ccccc2)CCOCC1. The Morgan fingerprint density at radius 1 is 1.00 bits per heavy atom. The van der Waals surface area contributed by atoms with Crippen molar-refractivity contribution in [3.05, 3.63) is 77.4 Å². The molecule has 2 aromatic rings. The first-order valence-corrected chi connectivity index (χ1v) is 12.9. The Kier molecular flexibility index (Phi) is 6.89. The van der Waals surface area contributed by atoms with Crippen LogP contribution in [0.2, 0.25) is 0 Å². The third-order valence-corrected chi connectivity index (χ3v) is 8.48. The number of hydrogen-bond donors (Lipinski definition) is 1. The maximum Gasteiger partial charge on any atom is 0.223 e. The first kappa shape index (κ1) is 23.3. The number of ether oxygens (including phenoxy) is 1. The van der Waals surface area contributed by atoms with Gasteiger partial charge < -0.3 is 10.1 Å². The fourth-order valence-electron chi connectivity index (χ4n) is 6.16. The molecule has 5 rings (SSSR count). The van der Waals surface area contributed by atoms with Gasteiger partial charge in [0.05, 0.1) is 0 Å². The summed E-state index contributed by atoms with van der Waals surface area (Å²) in [6, 6.07) is 21.2. The molecule has 2 heterocycles. The minimum Gasteiger partial charge on any atom is -0.381 e. The largest absolute Gasteiger partial charge is 0.381 e. The number of piperidine rings is 1. The van der Waals surface area contributed by atoms with E-state index in [1.54, 1.807) is 0 Å². The lowest BCUT2D eigenvalue weighted by Crippen LogP contribution is -2.45. The summed E-state index contributed by atoms with van der Waals surface area (Å²) < 4.78 is 5.65. The van der Waals surface area contributed by atoms with Crippen LogP contribution in [0.3, 0.4) is 0 Å². The summed E-state index contributed by atoms with van der Waals surface area (Å²) in [6.07, 6.45) is 7.57. The third kappa shape index (κ3) is 5.13. The van der Waals surface area contributed by atoms with Gasteiger partial charge in [-0.3, -0.25) is 9.69 Å². The molecule has 3 fully saturated rings. The van der Waals surface area contributed by atoms with Gasteiger partial charge in [-0.05, 0) is 68.7 Å². The topological polar surface area (TPSA) is 41.6 Å². The Morgan fingerprint density at radius 3 is 2.32 bits per heavy atom. The van der Waals surface area contributed by atoms with E-state index < -0.39 is 0 Å². The van der Waals surface area contributed by atoms with Crippen LogP contribution in [0.4, 0.5) is 0 Å². The lowest BCUT2D eigenvalue weighted by Gasteiger charge is -2.38. The lowest BCUT2D eigenvalue weighted by atomic mass is 9.74. The summed E-state index contributed by atoms with van der Waals surface area (Å²) in [6.45, 7) is 7.69. The van der Waals surface area contributed by atoms with E-state index in [1.807, 2.05) is 0 Å². The average Bonchev–Trinajstić information content (AvgIpc) is 3.59. The number of benzene rings is 2. The van der Waals surface area contributed by atoms with E-state index in [9.17, 15) is 4.79 Å². The smallest absolute Gasteiger partial charge is 0.223 e. The summed E-state index contributed by atoms with van der Waals surface area (Å²) >= 11 is 0. The van der Waals surface area contributed by atoms with Crippen molar-refractivity contribution >= 4 is 12.0 Å². The standard InChI is InChI=1S/C30H38N2O2/c1-24(20-25-8-4-2-5-9-25)22-32-16-12-29(13-17-32)21-27(29)28(33)31-23-30(14-18-34-19-15-30)26-10-6-3-7-11-26/h2-11,20,27H,12-19,21-23H2,1H3,(H,31,33)/b24-20+/t27-/m0/s1. The van der Waals surface area contributed by atoms with Crippen LogP contribution >= 0.6 is 0 Å². The summed E-state index contributed by atoms with van der Waals surface area (Å²) in [4.78, 5) is 15.7. The molecule has 180 valence electrons. The molecule has 4 nitrogen and oxygen atoms in total. The van der Waals surface area contributed by atoms with Crippen molar-refractivity contribution < 1.29 is 9.53 Å². The number of likely N-dealkylation sites (tertiary alicyclic amines) is 1. The first-order chi connectivity index (χ1) is 16.6. The molecule has 2 aromatic carbocycles. The molecule has 0 bridgehead atoms. The van der Waals surface area contributed by atoms with Gasteiger partial charge in [-0.1, -0.05) is 72.3 Å². The van der Waals surface area contributed by atoms with Crippen molar-refractivity contribution in [1.29, 1.82) is 0 Å². The van der Waals surface area contributed by atoms with Gasteiger partial charge in [-0.25, -0.2) is 0 Å². The van der Waals surface area contributed by atoms with Crippen LogP contribution < -0.4 is 5.32 Å². The van der Waals surface area contributed by atoms with Crippen LogP contribution in [-0.4, -0.2) is 50.2 Å². The molecular weight excluding hydrogens is 420 g/mol. The highest BCUT2D eigenvalue weighted by atomic mass is 16.5. The molecule has 3 aliphatic rings. The highest BCUT2D eigenvalue weighted by Gasteiger charge is 2.58. The zero-order valence-electron chi connectivity index (χ0n) is 20.5. The second-order valence-electron chi connectivity index (χ2n) is 10.8. The number of hydrogen-bond acceptors (Lipinski definition) is 3. The Labute approximate surface area is 204 Å². The van der Waals surface area contributed by atoms with E-state index in [2.05, 4.69) is 83.9 Å².